The van der Waals surface area contributed by atoms with Crippen LogP contribution in [0.5, 0.6) is 5.75 Å². The van der Waals surface area contributed by atoms with Crippen molar-refractivity contribution < 1.29 is 19.4 Å². The zero-order chi connectivity index (χ0) is 15.7. The molecule has 0 aromatic heterocycles. The summed E-state index contributed by atoms with van der Waals surface area (Å²) in [5.74, 6) is 0.823. The number of carbonyl (C=O) groups excluding carboxylic acids is 1. The number of likely N-dealkylation sites (N-methyl/N-ethyl adjacent to an activating group) is 1. The molecule has 118 valence electrons. The van der Waals surface area contributed by atoms with Gasteiger partial charge in [0.15, 0.2) is 0 Å². The molecule has 1 aromatic rings. The second-order valence-electron chi connectivity index (χ2n) is 5.15. The molecule has 0 spiro atoms. The SMILES string of the molecule is COCC(O)CN(C)C(=O)CCCOc1cccc(C)c1. The summed E-state index contributed by atoms with van der Waals surface area (Å²) < 4.78 is 10.4. The molecule has 0 fully saturated rings. The number of carbonyl (C=O) groups is 1. The van der Waals surface area contributed by atoms with E-state index >= 15 is 0 Å². The summed E-state index contributed by atoms with van der Waals surface area (Å²) in [6.07, 6.45) is 0.409. The van der Waals surface area contributed by atoms with Crippen molar-refractivity contribution in [1.82, 2.24) is 4.90 Å². The van der Waals surface area contributed by atoms with Gasteiger partial charge in [0.2, 0.25) is 5.91 Å². The maximum atomic E-state index is 11.9. The van der Waals surface area contributed by atoms with Crippen LogP contribution in [0.15, 0.2) is 24.3 Å². The van der Waals surface area contributed by atoms with Gasteiger partial charge in [0.05, 0.1) is 19.3 Å². The standard InChI is InChI=1S/C16H25NO4/c1-13-6-4-7-15(10-13)21-9-5-8-16(19)17(2)11-14(18)12-20-3/h4,6-7,10,14,18H,5,8-9,11-12H2,1-3H3. The lowest BCUT2D eigenvalue weighted by Crippen LogP contribution is -2.36. The molecule has 5 heteroatoms. The number of amides is 1. The fraction of sp³-hybridized carbons (Fsp3) is 0.562. The van der Waals surface area contributed by atoms with Crippen LogP contribution in [0.1, 0.15) is 18.4 Å². The van der Waals surface area contributed by atoms with Crippen LogP contribution in [0.25, 0.3) is 0 Å². The number of nitrogens with zero attached hydrogens (tertiary/aromatic N) is 1. The largest absolute Gasteiger partial charge is 0.494 e. The van der Waals surface area contributed by atoms with Crippen molar-refractivity contribution >= 4 is 5.91 Å². The van der Waals surface area contributed by atoms with Gasteiger partial charge in [0.1, 0.15) is 5.75 Å². The molecule has 0 heterocycles. The van der Waals surface area contributed by atoms with Crippen LogP contribution in [0.4, 0.5) is 0 Å². The van der Waals surface area contributed by atoms with Crippen LogP contribution in [0, 0.1) is 6.92 Å². The number of aryl methyl sites for hydroxylation is 1. The van der Waals surface area contributed by atoms with Crippen molar-refractivity contribution in [2.24, 2.45) is 0 Å². The fourth-order valence-corrected chi connectivity index (χ4v) is 1.97. The predicted octanol–water partition coefficient (Wildman–Crippen LogP) is 1.62. The lowest BCUT2D eigenvalue weighted by Gasteiger charge is -2.20. The second-order valence-corrected chi connectivity index (χ2v) is 5.15. The van der Waals surface area contributed by atoms with Crippen molar-refractivity contribution in [3.05, 3.63) is 29.8 Å². The van der Waals surface area contributed by atoms with Gasteiger partial charge >= 0.3 is 0 Å². The maximum Gasteiger partial charge on any atom is 0.222 e. The third kappa shape index (κ3) is 7.11. The van der Waals surface area contributed by atoms with E-state index in [0.717, 1.165) is 11.3 Å². The van der Waals surface area contributed by atoms with Gasteiger partial charge in [-0.2, -0.15) is 0 Å². The molecule has 1 atom stereocenters. The van der Waals surface area contributed by atoms with Crippen LogP contribution < -0.4 is 4.74 Å². The van der Waals surface area contributed by atoms with Crippen molar-refractivity contribution in [3.63, 3.8) is 0 Å². The number of hydrogen-bond acceptors (Lipinski definition) is 4. The van der Waals surface area contributed by atoms with E-state index in [-0.39, 0.29) is 19.1 Å². The number of aliphatic hydroxyl groups excluding tert-OH is 1. The normalized spacial score (nSPS) is 12.0. The van der Waals surface area contributed by atoms with Gasteiger partial charge in [-0.25, -0.2) is 0 Å². The van der Waals surface area contributed by atoms with Crippen LogP contribution in [0.3, 0.4) is 0 Å². The Morgan fingerprint density at radius 3 is 2.86 bits per heavy atom. The monoisotopic (exact) mass is 295 g/mol. The third-order valence-electron chi connectivity index (χ3n) is 3.06. The molecule has 0 aliphatic carbocycles. The lowest BCUT2D eigenvalue weighted by atomic mass is 10.2. The van der Waals surface area contributed by atoms with Crippen LogP contribution in [0.2, 0.25) is 0 Å². The Morgan fingerprint density at radius 2 is 2.19 bits per heavy atom. The minimum atomic E-state index is -0.646. The van der Waals surface area contributed by atoms with E-state index in [1.54, 1.807) is 7.05 Å². The Balaban J connectivity index is 2.21. The van der Waals surface area contributed by atoms with Gasteiger partial charge in [-0.1, -0.05) is 12.1 Å². The van der Waals surface area contributed by atoms with Crippen molar-refractivity contribution in [2.75, 3.05) is 33.9 Å². The molecule has 1 amide bonds. The average molecular weight is 295 g/mol. The molecule has 0 aliphatic rings. The summed E-state index contributed by atoms with van der Waals surface area (Å²) >= 11 is 0. The zero-order valence-electron chi connectivity index (χ0n) is 13.0. The van der Waals surface area contributed by atoms with E-state index in [1.807, 2.05) is 31.2 Å². The number of hydrogen-bond donors (Lipinski definition) is 1. The Morgan fingerprint density at radius 1 is 1.43 bits per heavy atom. The predicted molar refractivity (Wildman–Crippen MR) is 81.4 cm³/mol. The summed E-state index contributed by atoms with van der Waals surface area (Å²) in [6.45, 7) is 3.03. The van der Waals surface area contributed by atoms with Crippen molar-refractivity contribution in [1.29, 1.82) is 0 Å². The van der Waals surface area contributed by atoms with E-state index in [0.29, 0.717) is 19.4 Å². The highest BCUT2D eigenvalue weighted by molar-refractivity contribution is 5.75. The first-order valence-electron chi connectivity index (χ1n) is 7.13. The van der Waals surface area contributed by atoms with Gasteiger partial charge < -0.3 is 19.5 Å². The van der Waals surface area contributed by atoms with E-state index in [1.165, 1.54) is 12.0 Å². The quantitative estimate of drug-likeness (QED) is 0.703. The smallest absolute Gasteiger partial charge is 0.222 e. The molecule has 1 N–H and O–H groups in total. The minimum absolute atomic E-state index is 0.00186. The van der Waals surface area contributed by atoms with E-state index in [9.17, 15) is 9.90 Å². The molecule has 1 unspecified atom stereocenters. The van der Waals surface area contributed by atoms with Crippen LogP contribution >= 0.6 is 0 Å². The summed E-state index contributed by atoms with van der Waals surface area (Å²) in [5, 5.41) is 9.57. The second kappa shape index (κ2) is 9.37. The summed E-state index contributed by atoms with van der Waals surface area (Å²) in [7, 11) is 3.20. The Labute approximate surface area is 126 Å². The maximum absolute atomic E-state index is 11.9. The summed E-state index contributed by atoms with van der Waals surface area (Å²) in [5.41, 5.74) is 1.15. The summed E-state index contributed by atoms with van der Waals surface area (Å²) in [6, 6.07) is 7.83. The minimum Gasteiger partial charge on any atom is -0.494 e. The Kier molecular flexibility index (Phi) is 7.79. The zero-order valence-corrected chi connectivity index (χ0v) is 13.0. The highest BCUT2D eigenvalue weighted by Crippen LogP contribution is 2.12. The molecule has 1 rings (SSSR count). The number of ether oxygens (including phenoxy) is 2. The van der Waals surface area contributed by atoms with Gasteiger partial charge in [0.25, 0.3) is 0 Å². The number of benzene rings is 1. The molecule has 5 nitrogen and oxygen atoms in total. The van der Waals surface area contributed by atoms with E-state index in [4.69, 9.17) is 9.47 Å². The first kappa shape index (κ1) is 17.5. The Bertz CT molecular complexity index is 436. The van der Waals surface area contributed by atoms with Gasteiger partial charge in [-0.05, 0) is 31.0 Å². The van der Waals surface area contributed by atoms with Gasteiger partial charge in [0, 0.05) is 27.1 Å². The van der Waals surface area contributed by atoms with Gasteiger partial charge in [-0.15, -0.1) is 0 Å². The highest BCUT2D eigenvalue weighted by Gasteiger charge is 2.13. The number of methoxy groups -OCH3 is 1. The third-order valence-corrected chi connectivity index (χ3v) is 3.06. The fourth-order valence-electron chi connectivity index (χ4n) is 1.97. The molecule has 0 saturated heterocycles. The van der Waals surface area contributed by atoms with Crippen molar-refractivity contribution in [2.45, 2.75) is 25.9 Å². The molecule has 0 radical (unpaired) electrons. The number of aliphatic hydroxyl groups is 1. The summed E-state index contributed by atoms with van der Waals surface area (Å²) in [4.78, 5) is 13.4. The molecule has 0 aliphatic heterocycles. The van der Waals surface area contributed by atoms with E-state index < -0.39 is 6.10 Å². The van der Waals surface area contributed by atoms with Crippen LogP contribution in [-0.4, -0.2) is 55.9 Å². The topological polar surface area (TPSA) is 59.0 Å². The molecular formula is C16H25NO4. The first-order chi connectivity index (χ1) is 10.0. The van der Waals surface area contributed by atoms with E-state index in [2.05, 4.69) is 0 Å². The van der Waals surface area contributed by atoms with Gasteiger partial charge in [-0.3, -0.25) is 4.79 Å². The van der Waals surface area contributed by atoms with Crippen LogP contribution in [-0.2, 0) is 9.53 Å². The average Bonchev–Trinajstić information content (AvgIpc) is 2.43. The molecule has 1 aromatic carbocycles. The first-order valence-corrected chi connectivity index (χ1v) is 7.13. The van der Waals surface area contributed by atoms with Crippen molar-refractivity contribution in [3.8, 4) is 5.75 Å². The molecule has 0 bridgehead atoms. The number of rotatable bonds is 9. The highest BCUT2D eigenvalue weighted by atomic mass is 16.5. The molecular weight excluding hydrogens is 270 g/mol. The lowest BCUT2D eigenvalue weighted by molar-refractivity contribution is -0.131. The molecule has 21 heavy (non-hydrogen) atoms. The molecule has 0 saturated carbocycles. The Hall–Kier alpha value is -1.59.